The maximum absolute atomic E-state index is 14.2. The Hall–Kier alpha value is -5.45. The third kappa shape index (κ3) is 9.51. The van der Waals surface area contributed by atoms with Gasteiger partial charge < -0.3 is 20.7 Å². The third-order valence-corrected chi connectivity index (χ3v) is 11.2. The number of hydrogen-bond donors (Lipinski definition) is 3. The van der Waals surface area contributed by atoms with Gasteiger partial charge in [0.15, 0.2) is 0 Å². The molecule has 1 heterocycles. The fourth-order valence-electron chi connectivity index (χ4n) is 6.19. The first-order valence-corrected chi connectivity index (χ1v) is 19.3. The van der Waals surface area contributed by atoms with E-state index in [4.69, 9.17) is 4.74 Å². The van der Waals surface area contributed by atoms with Crippen LogP contribution in [0, 0.1) is 12.8 Å². The molecule has 0 radical (unpaired) electrons. The summed E-state index contributed by atoms with van der Waals surface area (Å²) >= 11 is 2.79. The molecule has 0 saturated carbocycles. The summed E-state index contributed by atoms with van der Waals surface area (Å²) in [7, 11) is 0. The zero-order chi connectivity index (χ0) is 37.3. The maximum atomic E-state index is 14.2. The number of thioether (sulfide) groups is 1. The lowest BCUT2D eigenvalue weighted by Crippen LogP contribution is -2.30. The molecule has 53 heavy (non-hydrogen) atoms. The normalized spacial score (nSPS) is 14.4. The summed E-state index contributed by atoms with van der Waals surface area (Å²) < 4.78 is 5.44. The van der Waals surface area contributed by atoms with Crippen LogP contribution >= 0.6 is 23.1 Å². The number of benzene rings is 4. The van der Waals surface area contributed by atoms with Crippen LogP contribution in [0.1, 0.15) is 73.4 Å². The Bertz CT molecular complexity index is 2150. The minimum atomic E-state index is -0.683. The van der Waals surface area contributed by atoms with Crippen LogP contribution < -0.4 is 16.0 Å². The Morgan fingerprint density at radius 2 is 1.64 bits per heavy atom. The Morgan fingerprint density at radius 1 is 0.906 bits per heavy atom. The predicted molar refractivity (Wildman–Crippen MR) is 213 cm³/mol. The molecular weight excluding hydrogens is 703 g/mol. The summed E-state index contributed by atoms with van der Waals surface area (Å²) in [4.78, 5) is 56.1. The van der Waals surface area contributed by atoms with E-state index in [-0.39, 0.29) is 18.2 Å². The molecule has 6 rings (SSSR count). The highest BCUT2D eigenvalue weighted by atomic mass is 32.2. The van der Waals surface area contributed by atoms with Gasteiger partial charge in [0.1, 0.15) is 15.9 Å². The molecule has 2 unspecified atom stereocenters. The standard InChI is InChI=1S/C43H41N3O5S2/c1-4-51-43(50)37-34-22-21-28(3)24-36(34)53-42(37)46-41(49)38(30-15-7-5-8-16-30)52-33-20-12-19-32(26-33)44-40(48)35(25-29-14-11-13-27(2)23-29)45-39(47)31-17-9-6-10-18-31/h5-20,23,25-26,28,38H,4,21-22,24H2,1-3H3,(H,44,48)(H,45,47)(H,46,49)/b35-25+. The molecule has 4 aromatic carbocycles. The monoisotopic (exact) mass is 743 g/mol. The second kappa shape index (κ2) is 17.4. The number of rotatable bonds is 12. The lowest BCUT2D eigenvalue weighted by atomic mass is 9.88. The SMILES string of the molecule is CCOC(=O)c1c(NC(=O)C(Sc2cccc(NC(=O)/C(=C\c3cccc(C)c3)NC(=O)c3ccccc3)c2)c2ccccc2)sc2c1CCC(C)C2. The van der Waals surface area contributed by atoms with Gasteiger partial charge in [-0.25, -0.2) is 4.79 Å². The highest BCUT2D eigenvalue weighted by Gasteiger charge is 2.31. The predicted octanol–water partition coefficient (Wildman–Crippen LogP) is 9.24. The molecule has 5 aromatic rings. The quantitative estimate of drug-likeness (QED) is 0.0667. The molecule has 3 N–H and O–H groups in total. The number of esters is 1. The largest absolute Gasteiger partial charge is 0.462 e. The first-order valence-electron chi connectivity index (χ1n) is 17.6. The first kappa shape index (κ1) is 37.3. The number of anilines is 2. The molecule has 8 nitrogen and oxygen atoms in total. The van der Waals surface area contributed by atoms with Gasteiger partial charge in [-0.15, -0.1) is 23.1 Å². The molecule has 1 aliphatic carbocycles. The topological polar surface area (TPSA) is 114 Å². The highest BCUT2D eigenvalue weighted by molar-refractivity contribution is 8.00. The van der Waals surface area contributed by atoms with Crippen LogP contribution in [0.25, 0.3) is 6.08 Å². The van der Waals surface area contributed by atoms with Gasteiger partial charge in [-0.2, -0.15) is 0 Å². The summed E-state index contributed by atoms with van der Waals surface area (Å²) in [5.74, 6) is -1.11. The van der Waals surface area contributed by atoms with Crippen molar-refractivity contribution in [1.29, 1.82) is 0 Å². The van der Waals surface area contributed by atoms with Crippen molar-refractivity contribution >= 4 is 63.6 Å². The number of aryl methyl sites for hydroxylation is 1. The van der Waals surface area contributed by atoms with Crippen LogP contribution in [0.15, 0.2) is 120 Å². The Kier molecular flexibility index (Phi) is 12.2. The second-order valence-corrected chi connectivity index (χ2v) is 15.2. The summed E-state index contributed by atoms with van der Waals surface area (Å²) in [6.45, 7) is 6.17. The number of amides is 3. The van der Waals surface area contributed by atoms with E-state index in [9.17, 15) is 19.2 Å². The van der Waals surface area contributed by atoms with Crippen molar-refractivity contribution in [3.63, 3.8) is 0 Å². The Balaban J connectivity index is 1.25. The van der Waals surface area contributed by atoms with Crippen LogP contribution in [0.5, 0.6) is 0 Å². The second-order valence-electron chi connectivity index (χ2n) is 12.9. The van der Waals surface area contributed by atoms with E-state index in [1.54, 1.807) is 55.5 Å². The van der Waals surface area contributed by atoms with Crippen LogP contribution in [0.3, 0.4) is 0 Å². The minimum Gasteiger partial charge on any atom is -0.462 e. The van der Waals surface area contributed by atoms with E-state index in [2.05, 4.69) is 22.9 Å². The fraction of sp³-hybridized carbons (Fsp3) is 0.209. The van der Waals surface area contributed by atoms with Crippen molar-refractivity contribution < 1.29 is 23.9 Å². The molecule has 0 fully saturated rings. The van der Waals surface area contributed by atoms with E-state index < -0.39 is 23.0 Å². The van der Waals surface area contributed by atoms with Crippen molar-refractivity contribution in [3.05, 3.63) is 153 Å². The average Bonchev–Trinajstić information content (AvgIpc) is 3.51. The van der Waals surface area contributed by atoms with Crippen LogP contribution in [0.2, 0.25) is 0 Å². The van der Waals surface area contributed by atoms with Crippen molar-refractivity contribution in [3.8, 4) is 0 Å². The highest BCUT2D eigenvalue weighted by Crippen LogP contribution is 2.42. The summed E-state index contributed by atoms with van der Waals surface area (Å²) in [5, 5.41) is 8.66. The number of thiophene rings is 1. The van der Waals surface area contributed by atoms with E-state index in [0.29, 0.717) is 27.7 Å². The van der Waals surface area contributed by atoms with Crippen LogP contribution in [-0.2, 0) is 27.2 Å². The molecule has 270 valence electrons. The average molecular weight is 744 g/mol. The lowest BCUT2D eigenvalue weighted by molar-refractivity contribution is -0.116. The van der Waals surface area contributed by atoms with Crippen molar-refractivity contribution in [2.45, 2.75) is 50.2 Å². The molecule has 0 bridgehead atoms. The summed E-state index contributed by atoms with van der Waals surface area (Å²) in [6, 6.07) is 33.0. The van der Waals surface area contributed by atoms with Gasteiger partial charge >= 0.3 is 5.97 Å². The summed E-state index contributed by atoms with van der Waals surface area (Å²) in [6.07, 6.45) is 4.24. The molecule has 0 spiro atoms. The number of nitrogens with one attached hydrogen (secondary N) is 3. The van der Waals surface area contributed by atoms with Gasteiger partial charge in [-0.05, 0) is 92.1 Å². The van der Waals surface area contributed by atoms with E-state index >= 15 is 0 Å². The van der Waals surface area contributed by atoms with Gasteiger partial charge in [0.05, 0.1) is 12.2 Å². The van der Waals surface area contributed by atoms with E-state index in [1.165, 1.54) is 23.1 Å². The van der Waals surface area contributed by atoms with E-state index in [1.807, 2.05) is 73.7 Å². The molecule has 2 atom stereocenters. The number of ether oxygens (including phenoxy) is 1. The number of carbonyl (C=O) groups excluding carboxylic acids is 4. The van der Waals surface area contributed by atoms with Gasteiger partial charge in [0, 0.05) is 21.0 Å². The molecule has 0 aliphatic heterocycles. The number of fused-ring (bicyclic) bond motifs is 1. The zero-order valence-corrected chi connectivity index (χ0v) is 31.4. The number of carbonyl (C=O) groups is 4. The Morgan fingerprint density at radius 3 is 2.38 bits per heavy atom. The molecule has 1 aromatic heterocycles. The first-order chi connectivity index (χ1) is 25.7. The van der Waals surface area contributed by atoms with Gasteiger partial charge in [0.2, 0.25) is 5.91 Å². The molecule has 10 heteroatoms. The van der Waals surface area contributed by atoms with Crippen LogP contribution in [0.4, 0.5) is 10.7 Å². The third-order valence-electron chi connectivity index (χ3n) is 8.80. The zero-order valence-electron chi connectivity index (χ0n) is 29.8. The van der Waals surface area contributed by atoms with Gasteiger partial charge in [-0.1, -0.05) is 91.3 Å². The van der Waals surface area contributed by atoms with Gasteiger partial charge in [0.25, 0.3) is 11.8 Å². The van der Waals surface area contributed by atoms with Crippen LogP contribution in [-0.4, -0.2) is 30.3 Å². The fourth-order valence-corrected chi connectivity index (χ4v) is 8.67. The van der Waals surface area contributed by atoms with Crippen molar-refractivity contribution in [1.82, 2.24) is 5.32 Å². The van der Waals surface area contributed by atoms with E-state index in [0.717, 1.165) is 51.3 Å². The minimum absolute atomic E-state index is 0.0782. The Labute approximate surface area is 318 Å². The lowest BCUT2D eigenvalue weighted by Gasteiger charge is -2.19. The maximum Gasteiger partial charge on any atom is 0.341 e. The molecule has 0 saturated heterocycles. The van der Waals surface area contributed by atoms with Crippen molar-refractivity contribution in [2.75, 3.05) is 17.2 Å². The smallest absolute Gasteiger partial charge is 0.341 e. The summed E-state index contributed by atoms with van der Waals surface area (Å²) in [5.41, 5.74) is 4.98. The molecule has 3 amide bonds. The van der Waals surface area contributed by atoms with Gasteiger partial charge in [-0.3, -0.25) is 14.4 Å². The molecule has 1 aliphatic rings. The van der Waals surface area contributed by atoms with Crippen molar-refractivity contribution in [2.24, 2.45) is 5.92 Å². The molecular formula is C43H41N3O5S2. The number of hydrogen-bond acceptors (Lipinski definition) is 7.